The van der Waals surface area contributed by atoms with E-state index in [-0.39, 0.29) is 0 Å². The Morgan fingerprint density at radius 2 is 2.00 bits per heavy atom. The van der Waals surface area contributed by atoms with Crippen LogP contribution in [-0.2, 0) is 4.74 Å². The SMILES string of the molecule is CCOC(c1cc2ccc(=O)oc2cc1OC)C(O)C(C)(C)O. The first-order valence-corrected chi connectivity index (χ1v) is 7.41. The number of aliphatic hydroxyl groups is 2. The molecule has 0 amide bonds. The molecule has 2 N–H and O–H groups in total. The molecular formula is C17H22O6. The number of hydrogen-bond donors (Lipinski definition) is 2. The summed E-state index contributed by atoms with van der Waals surface area (Å²) in [6.07, 6.45) is -1.95. The molecular weight excluding hydrogens is 300 g/mol. The summed E-state index contributed by atoms with van der Waals surface area (Å²) in [4.78, 5) is 11.3. The predicted octanol–water partition coefficient (Wildman–Crippen LogP) is 2.01. The second kappa shape index (κ2) is 6.70. The highest BCUT2D eigenvalue weighted by atomic mass is 16.5. The van der Waals surface area contributed by atoms with Crippen molar-refractivity contribution in [3.63, 3.8) is 0 Å². The molecule has 0 bridgehead atoms. The molecule has 6 heteroatoms. The van der Waals surface area contributed by atoms with Crippen molar-refractivity contribution in [2.75, 3.05) is 13.7 Å². The van der Waals surface area contributed by atoms with Crippen molar-refractivity contribution in [3.8, 4) is 5.75 Å². The van der Waals surface area contributed by atoms with Gasteiger partial charge in [-0.2, -0.15) is 0 Å². The first-order valence-electron chi connectivity index (χ1n) is 7.41. The molecule has 6 nitrogen and oxygen atoms in total. The molecule has 0 saturated heterocycles. The van der Waals surface area contributed by atoms with Crippen LogP contribution in [0.2, 0.25) is 0 Å². The molecule has 126 valence electrons. The van der Waals surface area contributed by atoms with Gasteiger partial charge in [-0.25, -0.2) is 4.79 Å². The number of fused-ring (bicyclic) bond motifs is 1. The summed E-state index contributed by atoms with van der Waals surface area (Å²) in [6, 6.07) is 6.26. The topological polar surface area (TPSA) is 89.1 Å². The Balaban J connectivity index is 2.61. The van der Waals surface area contributed by atoms with Crippen LogP contribution in [0.25, 0.3) is 11.0 Å². The van der Waals surface area contributed by atoms with E-state index in [2.05, 4.69) is 0 Å². The second-order valence-corrected chi connectivity index (χ2v) is 5.86. The van der Waals surface area contributed by atoms with Crippen LogP contribution in [0.3, 0.4) is 0 Å². The maximum absolute atomic E-state index is 11.3. The van der Waals surface area contributed by atoms with Gasteiger partial charge in [-0.3, -0.25) is 0 Å². The van der Waals surface area contributed by atoms with Gasteiger partial charge < -0.3 is 24.1 Å². The van der Waals surface area contributed by atoms with E-state index in [1.54, 1.807) is 25.1 Å². The highest BCUT2D eigenvalue weighted by molar-refractivity contribution is 5.79. The van der Waals surface area contributed by atoms with Gasteiger partial charge in [-0.05, 0) is 32.9 Å². The van der Waals surface area contributed by atoms with E-state index in [9.17, 15) is 15.0 Å². The quantitative estimate of drug-likeness (QED) is 0.791. The number of ether oxygens (including phenoxy) is 2. The molecule has 0 aliphatic heterocycles. The number of hydrogen-bond acceptors (Lipinski definition) is 6. The fourth-order valence-corrected chi connectivity index (χ4v) is 2.41. The van der Waals surface area contributed by atoms with Crippen LogP contribution in [-0.4, -0.2) is 35.6 Å². The van der Waals surface area contributed by atoms with E-state index in [0.717, 1.165) is 0 Å². The van der Waals surface area contributed by atoms with Gasteiger partial charge in [0.25, 0.3) is 0 Å². The van der Waals surface area contributed by atoms with Crippen LogP contribution in [0.15, 0.2) is 33.5 Å². The van der Waals surface area contributed by atoms with Gasteiger partial charge in [0.15, 0.2) is 0 Å². The van der Waals surface area contributed by atoms with E-state index in [1.807, 2.05) is 0 Å². The van der Waals surface area contributed by atoms with Crippen LogP contribution in [0, 0.1) is 0 Å². The maximum Gasteiger partial charge on any atom is 0.336 e. The summed E-state index contributed by atoms with van der Waals surface area (Å²) in [5.41, 5.74) is -0.857. The van der Waals surface area contributed by atoms with E-state index in [4.69, 9.17) is 13.9 Å². The highest BCUT2D eigenvalue weighted by Crippen LogP contribution is 2.36. The zero-order chi connectivity index (χ0) is 17.2. The summed E-state index contributed by atoms with van der Waals surface area (Å²) in [7, 11) is 1.48. The number of benzene rings is 1. The molecule has 2 aromatic rings. The summed E-state index contributed by atoms with van der Waals surface area (Å²) in [5.74, 6) is 0.411. The lowest BCUT2D eigenvalue weighted by molar-refractivity contribution is -0.127. The van der Waals surface area contributed by atoms with Gasteiger partial charge in [0, 0.05) is 29.7 Å². The normalized spacial score (nSPS) is 14.7. The fraction of sp³-hybridized carbons (Fsp3) is 0.471. The highest BCUT2D eigenvalue weighted by Gasteiger charge is 2.35. The molecule has 23 heavy (non-hydrogen) atoms. The zero-order valence-electron chi connectivity index (χ0n) is 13.7. The van der Waals surface area contributed by atoms with Crippen LogP contribution in [0.5, 0.6) is 5.75 Å². The van der Waals surface area contributed by atoms with Crippen molar-refractivity contribution in [3.05, 3.63) is 40.2 Å². The van der Waals surface area contributed by atoms with Crippen molar-refractivity contribution in [2.45, 2.75) is 38.6 Å². The van der Waals surface area contributed by atoms with Gasteiger partial charge in [0.2, 0.25) is 0 Å². The third-order valence-corrected chi connectivity index (χ3v) is 3.63. The third kappa shape index (κ3) is 3.72. The number of rotatable bonds is 6. The maximum atomic E-state index is 11.3. The molecule has 0 aliphatic carbocycles. The van der Waals surface area contributed by atoms with Gasteiger partial charge in [-0.1, -0.05) is 0 Å². The van der Waals surface area contributed by atoms with Crippen molar-refractivity contribution in [2.24, 2.45) is 0 Å². The third-order valence-electron chi connectivity index (χ3n) is 3.63. The summed E-state index contributed by atoms with van der Waals surface area (Å²) in [6.45, 7) is 5.17. The molecule has 0 radical (unpaired) electrons. The lowest BCUT2D eigenvalue weighted by atomic mass is 9.91. The smallest absolute Gasteiger partial charge is 0.336 e. The molecule has 2 rings (SSSR count). The largest absolute Gasteiger partial charge is 0.496 e. The zero-order valence-corrected chi connectivity index (χ0v) is 13.7. The minimum atomic E-state index is -1.36. The van der Waals surface area contributed by atoms with Crippen molar-refractivity contribution < 1.29 is 24.1 Å². The molecule has 0 aliphatic rings. The average molecular weight is 322 g/mol. The van der Waals surface area contributed by atoms with E-state index >= 15 is 0 Å². The minimum Gasteiger partial charge on any atom is -0.496 e. The van der Waals surface area contributed by atoms with Crippen molar-refractivity contribution in [1.29, 1.82) is 0 Å². The molecule has 1 aromatic carbocycles. The lowest BCUT2D eigenvalue weighted by Crippen LogP contribution is -2.41. The van der Waals surface area contributed by atoms with Crippen molar-refractivity contribution in [1.82, 2.24) is 0 Å². The molecule has 1 aromatic heterocycles. The summed E-state index contributed by atoms with van der Waals surface area (Å²) >= 11 is 0. The Hall–Kier alpha value is -1.89. The minimum absolute atomic E-state index is 0.350. The Bertz CT molecular complexity index is 728. The molecule has 2 atom stereocenters. The first-order chi connectivity index (χ1) is 10.8. The van der Waals surface area contributed by atoms with Crippen LogP contribution in [0.4, 0.5) is 0 Å². The molecule has 1 heterocycles. The average Bonchev–Trinajstić information content (AvgIpc) is 2.49. The van der Waals surface area contributed by atoms with Gasteiger partial charge in [0.05, 0.1) is 12.7 Å². The van der Waals surface area contributed by atoms with Gasteiger partial charge >= 0.3 is 5.63 Å². The van der Waals surface area contributed by atoms with E-state index in [1.165, 1.54) is 27.0 Å². The number of aliphatic hydroxyl groups excluding tert-OH is 1. The predicted molar refractivity (Wildman–Crippen MR) is 85.7 cm³/mol. The summed E-state index contributed by atoms with van der Waals surface area (Å²) < 4.78 is 16.1. The lowest BCUT2D eigenvalue weighted by Gasteiger charge is -2.32. The monoisotopic (exact) mass is 322 g/mol. The number of methoxy groups -OCH3 is 1. The Morgan fingerprint density at radius 1 is 1.30 bits per heavy atom. The van der Waals surface area contributed by atoms with Crippen molar-refractivity contribution >= 4 is 11.0 Å². The van der Waals surface area contributed by atoms with Crippen LogP contribution < -0.4 is 10.4 Å². The van der Waals surface area contributed by atoms with Gasteiger partial charge in [-0.15, -0.1) is 0 Å². The molecule has 0 saturated carbocycles. The van der Waals surface area contributed by atoms with E-state index in [0.29, 0.717) is 28.9 Å². The Labute approximate surface area is 134 Å². The van der Waals surface area contributed by atoms with Crippen LogP contribution in [0.1, 0.15) is 32.4 Å². The molecule has 2 unspecified atom stereocenters. The first kappa shape index (κ1) is 17.5. The van der Waals surface area contributed by atoms with Gasteiger partial charge in [0.1, 0.15) is 23.5 Å². The van der Waals surface area contributed by atoms with Crippen LogP contribution >= 0.6 is 0 Å². The fourth-order valence-electron chi connectivity index (χ4n) is 2.41. The Kier molecular flexibility index (Phi) is 5.09. The summed E-state index contributed by atoms with van der Waals surface area (Å²) in [5, 5.41) is 21.3. The standard InChI is InChI=1S/C17H22O6/c1-5-22-15(16(19)17(2,3)20)11-8-10-6-7-14(18)23-12(10)9-13(11)21-4/h6-9,15-16,19-20H,5H2,1-4H3. The Morgan fingerprint density at radius 3 is 2.57 bits per heavy atom. The second-order valence-electron chi connectivity index (χ2n) is 5.86. The van der Waals surface area contributed by atoms with E-state index < -0.39 is 23.4 Å². The molecule has 0 fully saturated rings. The molecule has 0 spiro atoms.